The molecule has 0 radical (unpaired) electrons. The second-order valence-corrected chi connectivity index (χ2v) is 5.94. The lowest BCUT2D eigenvalue weighted by Gasteiger charge is -2.26. The van der Waals surface area contributed by atoms with Crippen molar-refractivity contribution in [3.8, 4) is 0 Å². The van der Waals surface area contributed by atoms with Gasteiger partial charge in [0.2, 0.25) is 0 Å². The molecule has 1 fully saturated rings. The molecular formula is C17H19F2N3O2. The van der Waals surface area contributed by atoms with Crippen LogP contribution in [-0.4, -0.2) is 34.8 Å². The summed E-state index contributed by atoms with van der Waals surface area (Å²) in [6, 6.07) is 4.64. The monoisotopic (exact) mass is 335 g/mol. The van der Waals surface area contributed by atoms with Crippen LogP contribution in [0.4, 0.5) is 14.6 Å². The second-order valence-electron chi connectivity index (χ2n) is 5.94. The Bertz CT molecular complexity index is 742. The van der Waals surface area contributed by atoms with E-state index in [4.69, 9.17) is 4.74 Å². The Hall–Kier alpha value is -2.12. The van der Waals surface area contributed by atoms with E-state index in [0.717, 1.165) is 17.8 Å². The highest BCUT2D eigenvalue weighted by Crippen LogP contribution is 2.37. The van der Waals surface area contributed by atoms with Gasteiger partial charge in [-0.2, -0.15) is 0 Å². The van der Waals surface area contributed by atoms with Crippen LogP contribution in [0.3, 0.4) is 0 Å². The molecule has 1 aromatic carbocycles. The molecule has 7 heteroatoms. The first-order valence-electron chi connectivity index (χ1n) is 7.71. The van der Waals surface area contributed by atoms with E-state index in [1.165, 1.54) is 6.07 Å². The van der Waals surface area contributed by atoms with Gasteiger partial charge in [0.1, 0.15) is 24.1 Å². The van der Waals surface area contributed by atoms with Crippen LogP contribution in [-0.2, 0) is 11.3 Å². The number of aryl methyl sites for hydroxylation is 1. The number of aliphatic hydroxyl groups excluding tert-OH is 1. The number of hydrogen-bond acceptors (Lipinski definition) is 5. The normalized spacial score (nSPS) is 20.6. The van der Waals surface area contributed by atoms with Crippen LogP contribution in [0.25, 0.3) is 0 Å². The van der Waals surface area contributed by atoms with Gasteiger partial charge in [-0.3, -0.25) is 0 Å². The first-order chi connectivity index (χ1) is 11.5. The summed E-state index contributed by atoms with van der Waals surface area (Å²) in [5.74, 6) is 0.0715. The Balaban J connectivity index is 2.01. The molecule has 2 atom stereocenters. The average molecular weight is 335 g/mol. The van der Waals surface area contributed by atoms with Gasteiger partial charge in [0, 0.05) is 31.0 Å². The van der Waals surface area contributed by atoms with E-state index < -0.39 is 23.8 Å². The molecule has 5 nitrogen and oxygen atoms in total. The van der Waals surface area contributed by atoms with Crippen LogP contribution < -0.4 is 4.90 Å². The summed E-state index contributed by atoms with van der Waals surface area (Å²) in [7, 11) is 1.55. The molecule has 0 saturated carbocycles. The number of ether oxygens (including phenoxy) is 1. The third kappa shape index (κ3) is 3.37. The smallest absolute Gasteiger partial charge is 0.156 e. The summed E-state index contributed by atoms with van der Waals surface area (Å²) >= 11 is 0. The van der Waals surface area contributed by atoms with E-state index in [1.807, 2.05) is 6.92 Å². The van der Waals surface area contributed by atoms with Crippen molar-refractivity contribution in [3.63, 3.8) is 0 Å². The van der Waals surface area contributed by atoms with Crippen molar-refractivity contribution in [1.29, 1.82) is 0 Å². The minimum Gasteiger partial charge on any atom is -0.391 e. The maximum atomic E-state index is 14.2. The molecule has 0 spiro atoms. The van der Waals surface area contributed by atoms with E-state index in [2.05, 4.69) is 9.97 Å². The fraction of sp³-hybridized carbons (Fsp3) is 0.412. The highest BCUT2D eigenvalue weighted by Gasteiger charge is 2.35. The summed E-state index contributed by atoms with van der Waals surface area (Å²) in [4.78, 5) is 10.5. The molecule has 0 bridgehead atoms. The van der Waals surface area contributed by atoms with Crippen LogP contribution >= 0.6 is 0 Å². The van der Waals surface area contributed by atoms with Gasteiger partial charge in [-0.05, 0) is 31.5 Å². The van der Waals surface area contributed by atoms with Crippen LogP contribution in [0.1, 0.15) is 29.5 Å². The second kappa shape index (κ2) is 6.78. The van der Waals surface area contributed by atoms with E-state index in [-0.39, 0.29) is 12.2 Å². The van der Waals surface area contributed by atoms with E-state index >= 15 is 0 Å². The number of anilines is 1. The maximum Gasteiger partial charge on any atom is 0.156 e. The molecule has 2 unspecified atom stereocenters. The van der Waals surface area contributed by atoms with Gasteiger partial charge in [0.15, 0.2) is 5.82 Å². The van der Waals surface area contributed by atoms with Gasteiger partial charge in [-0.15, -0.1) is 0 Å². The van der Waals surface area contributed by atoms with Crippen molar-refractivity contribution in [1.82, 2.24) is 9.97 Å². The Morgan fingerprint density at radius 1 is 1.29 bits per heavy atom. The lowest BCUT2D eigenvalue weighted by Crippen LogP contribution is -2.26. The van der Waals surface area contributed by atoms with Crippen LogP contribution in [0.15, 0.2) is 24.3 Å². The molecule has 1 aliphatic rings. The number of benzene rings is 1. The Morgan fingerprint density at radius 2 is 2.08 bits per heavy atom. The summed E-state index contributed by atoms with van der Waals surface area (Å²) in [6.45, 7) is 2.38. The maximum absolute atomic E-state index is 14.2. The molecule has 1 N–H and O–H groups in total. The summed E-state index contributed by atoms with van der Waals surface area (Å²) in [5.41, 5.74) is 0.961. The number of methoxy groups -OCH3 is 1. The van der Waals surface area contributed by atoms with Crippen LogP contribution in [0.5, 0.6) is 0 Å². The van der Waals surface area contributed by atoms with Gasteiger partial charge >= 0.3 is 0 Å². The highest BCUT2D eigenvalue weighted by molar-refractivity contribution is 5.46. The van der Waals surface area contributed by atoms with Gasteiger partial charge in [0.05, 0.1) is 12.1 Å². The minimum atomic E-state index is -0.640. The molecule has 3 rings (SSSR count). The largest absolute Gasteiger partial charge is 0.391 e. The number of hydrogen-bond donors (Lipinski definition) is 1. The average Bonchev–Trinajstić information content (AvgIpc) is 2.91. The molecule has 0 amide bonds. The van der Waals surface area contributed by atoms with E-state index in [9.17, 15) is 13.9 Å². The van der Waals surface area contributed by atoms with Crippen molar-refractivity contribution >= 4 is 5.82 Å². The van der Waals surface area contributed by atoms with Gasteiger partial charge in [-0.25, -0.2) is 18.7 Å². The minimum absolute atomic E-state index is 0.219. The zero-order valence-electron chi connectivity index (χ0n) is 13.5. The predicted octanol–water partition coefficient (Wildman–Crippen LogP) is 2.52. The van der Waals surface area contributed by atoms with Gasteiger partial charge < -0.3 is 14.7 Å². The van der Waals surface area contributed by atoms with Gasteiger partial charge in [0.25, 0.3) is 0 Å². The van der Waals surface area contributed by atoms with E-state index in [0.29, 0.717) is 24.6 Å². The third-order valence-electron chi connectivity index (χ3n) is 4.05. The Morgan fingerprint density at radius 3 is 2.83 bits per heavy atom. The number of rotatable bonds is 4. The fourth-order valence-electron chi connectivity index (χ4n) is 3.08. The van der Waals surface area contributed by atoms with Gasteiger partial charge in [-0.1, -0.05) is 0 Å². The SMILES string of the molecule is COCc1nc(C)cc(N2CC(O)CC2c2cc(F)ccc2F)n1. The van der Waals surface area contributed by atoms with Crippen molar-refractivity contribution in [2.45, 2.75) is 32.1 Å². The van der Waals surface area contributed by atoms with E-state index in [1.54, 1.807) is 18.1 Å². The molecule has 1 saturated heterocycles. The number of aliphatic hydroxyl groups is 1. The van der Waals surface area contributed by atoms with Crippen LogP contribution in [0, 0.1) is 18.6 Å². The number of aromatic nitrogens is 2. The standard InChI is InChI=1S/C17H19F2N3O2/c1-10-5-17(21-16(20-10)9-24-2)22-8-12(23)7-15(22)13-6-11(18)3-4-14(13)19/h3-6,12,15,23H,7-9H2,1-2H3. The third-order valence-corrected chi connectivity index (χ3v) is 4.05. The Kier molecular flexibility index (Phi) is 4.73. The predicted molar refractivity (Wildman–Crippen MR) is 84.6 cm³/mol. The molecule has 24 heavy (non-hydrogen) atoms. The first-order valence-corrected chi connectivity index (χ1v) is 7.71. The number of nitrogens with zero attached hydrogens (tertiary/aromatic N) is 3. The number of halogens is 2. The molecule has 1 aliphatic heterocycles. The first kappa shape index (κ1) is 16.7. The summed E-state index contributed by atoms with van der Waals surface area (Å²) < 4.78 is 32.8. The molecule has 1 aromatic heterocycles. The molecule has 2 aromatic rings. The topological polar surface area (TPSA) is 58.5 Å². The lowest BCUT2D eigenvalue weighted by atomic mass is 10.0. The highest BCUT2D eigenvalue weighted by atomic mass is 19.1. The Labute approximate surface area is 138 Å². The van der Waals surface area contributed by atoms with Crippen molar-refractivity contribution < 1.29 is 18.6 Å². The van der Waals surface area contributed by atoms with Crippen molar-refractivity contribution in [2.24, 2.45) is 0 Å². The summed E-state index contributed by atoms with van der Waals surface area (Å²) in [6.07, 6.45) is -0.331. The number of β-amino-alcohol motifs (C(OH)–C–C–N with tert-alkyl or cyclic N) is 1. The molecular weight excluding hydrogens is 316 g/mol. The summed E-state index contributed by atoms with van der Waals surface area (Å²) in [5, 5.41) is 10.1. The quantitative estimate of drug-likeness (QED) is 0.930. The lowest BCUT2D eigenvalue weighted by molar-refractivity contribution is 0.177. The van der Waals surface area contributed by atoms with Crippen LogP contribution in [0.2, 0.25) is 0 Å². The molecule has 0 aliphatic carbocycles. The zero-order valence-corrected chi connectivity index (χ0v) is 13.5. The molecule has 2 heterocycles. The van der Waals surface area contributed by atoms with Crippen molar-refractivity contribution in [3.05, 3.63) is 53.0 Å². The molecule has 128 valence electrons. The zero-order chi connectivity index (χ0) is 17.3. The van der Waals surface area contributed by atoms with Crippen molar-refractivity contribution in [2.75, 3.05) is 18.6 Å². The fourth-order valence-corrected chi connectivity index (χ4v) is 3.08.